The molecule has 3 aromatic rings. The molecule has 0 N–H and O–H groups in total. The predicted molar refractivity (Wildman–Crippen MR) is 99.3 cm³/mol. The van der Waals surface area contributed by atoms with Gasteiger partial charge < -0.3 is 9.53 Å². The molecule has 0 saturated heterocycles. The Balaban J connectivity index is 0.00000243. The summed E-state index contributed by atoms with van der Waals surface area (Å²) < 4.78 is 6.03. The fraction of sp³-hybridized carbons (Fsp3) is 0.0870. The van der Waals surface area contributed by atoms with Crippen LogP contribution < -0.4 is 0 Å². The first-order chi connectivity index (χ1) is 12.4. The second kappa shape index (κ2) is 10.9. The van der Waals surface area contributed by atoms with E-state index in [4.69, 9.17) is 4.74 Å². The van der Waals surface area contributed by atoms with E-state index >= 15 is 0 Å². The fourth-order valence-corrected chi connectivity index (χ4v) is 2.55. The summed E-state index contributed by atoms with van der Waals surface area (Å²) in [4.78, 5) is 11.7. The average molecular weight is 415 g/mol. The van der Waals surface area contributed by atoms with Crippen LogP contribution in [0.15, 0.2) is 90.5 Å². The van der Waals surface area contributed by atoms with Gasteiger partial charge in [0.1, 0.15) is 6.61 Å². The van der Waals surface area contributed by atoms with Crippen molar-refractivity contribution in [1.82, 2.24) is 0 Å². The van der Waals surface area contributed by atoms with Crippen molar-refractivity contribution < 1.29 is 42.2 Å². The van der Waals surface area contributed by atoms with Gasteiger partial charge in [-0.15, -0.1) is 35.9 Å². The molecule has 0 spiro atoms. The van der Waals surface area contributed by atoms with Crippen molar-refractivity contribution in [2.75, 3.05) is 0 Å². The normalized spacial score (nSPS) is 11.1. The molecule has 0 atom stereocenters. The summed E-state index contributed by atoms with van der Waals surface area (Å²) >= 11 is 0. The first-order valence-corrected chi connectivity index (χ1v) is 8.16. The smallest absolute Gasteiger partial charge is 0.101 e. The minimum absolute atomic E-state index is 0. The number of benzene rings is 3. The minimum atomic E-state index is 0. The summed E-state index contributed by atoms with van der Waals surface area (Å²) in [5.74, 6) is 0.531. The topological polar surface area (TPSA) is 26.3 Å². The molecular weight excluding hydrogens is 397 g/mol. The molecule has 3 aromatic carbocycles. The van der Waals surface area contributed by atoms with Gasteiger partial charge in [0.05, 0.1) is 0 Å². The van der Waals surface area contributed by atoms with Crippen molar-refractivity contribution in [2.45, 2.75) is 13.0 Å². The quantitative estimate of drug-likeness (QED) is 0.316. The molecule has 26 heavy (non-hydrogen) atoms. The van der Waals surface area contributed by atoms with Crippen LogP contribution in [0.4, 0.5) is 0 Å². The molecule has 0 fully saturated rings. The number of hydrogen-bond donors (Lipinski definition) is 0. The van der Waals surface area contributed by atoms with Crippen molar-refractivity contribution in [1.29, 1.82) is 0 Å². The van der Waals surface area contributed by atoms with Gasteiger partial charge in [0, 0.05) is 44.8 Å². The van der Waals surface area contributed by atoms with Gasteiger partial charge in [-0.2, -0.15) is 0 Å². The van der Waals surface area contributed by atoms with Crippen LogP contribution in [-0.2, 0) is 55.3 Å². The van der Waals surface area contributed by atoms with Crippen LogP contribution in [0.3, 0.4) is 0 Å². The molecule has 0 saturated carbocycles. The Kier molecular flexibility index (Phi) is 8.47. The molecule has 0 aliphatic rings. The predicted octanol–water partition coefficient (Wildman–Crippen LogP) is 4.76. The molecule has 3 rings (SSSR count). The Hall–Kier alpha value is -2.03. The van der Waals surface area contributed by atoms with E-state index in [0.717, 1.165) is 16.7 Å². The van der Waals surface area contributed by atoms with E-state index in [1.165, 1.54) is 0 Å². The Morgan fingerprint density at radius 1 is 0.846 bits per heavy atom. The Morgan fingerprint density at radius 2 is 1.46 bits per heavy atom. The Morgan fingerprint density at radius 3 is 2.04 bits per heavy atom. The standard InChI is InChI=1S/C23H18O2.Y/c24-17-22(16-19-10-4-1-5-11-19)23(21-14-8-3-9-15-21)25-18-20-12-6-2-7-13-20;/h1-14H,16,18H2;/q-2;/b23-22+;. The first kappa shape index (κ1) is 20.3. The maximum Gasteiger partial charge on any atom is 0.101 e. The summed E-state index contributed by atoms with van der Waals surface area (Å²) in [6, 6.07) is 30.4. The van der Waals surface area contributed by atoms with Gasteiger partial charge in [0.25, 0.3) is 0 Å². The van der Waals surface area contributed by atoms with Crippen LogP contribution in [0.2, 0.25) is 0 Å². The van der Waals surface area contributed by atoms with E-state index < -0.39 is 0 Å². The van der Waals surface area contributed by atoms with Crippen molar-refractivity contribution >= 4 is 12.0 Å². The SMILES string of the molecule is O=[C-]/C(Cc1ccccc1)=C(/OCc1ccccc1)c1[c-]cccc1.[Y]. The summed E-state index contributed by atoms with van der Waals surface area (Å²) in [5.41, 5.74) is 3.33. The molecule has 0 aliphatic heterocycles. The zero-order valence-electron chi connectivity index (χ0n) is 14.4. The number of ether oxygens (including phenoxy) is 1. The van der Waals surface area contributed by atoms with Gasteiger partial charge in [0.15, 0.2) is 0 Å². The van der Waals surface area contributed by atoms with Crippen LogP contribution in [0.25, 0.3) is 5.76 Å². The molecule has 1 radical (unpaired) electrons. The molecule has 3 heteroatoms. The van der Waals surface area contributed by atoms with E-state index in [9.17, 15) is 4.79 Å². The maximum atomic E-state index is 11.7. The van der Waals surface area contributed by atoms with E-state index in [0.29, 0.717) is 24.4 Å². The number of allylic oxidation sites excluding steroid dienone is 1. The Bertz CT molecular complexity index is 828. The van der Waals surface area contributed by atoms with E-state index in [1.807, 2.05) is 84.9 Å². The Labute approximate surface area is 179 Å². The van der Waals surface area contributed by atoms with Crippen LogP contribution in [0, 0.1) is 6.07 Å². The second-order valence-electron chi connectivity index (χ2n) is 5.62. The summed E-state index contributed by atoms with van der Waals surface area (Å²) in [6.45, 7) is 0.388. The van der Waals surface area contributed by atoms with Gasteiger partial charge in [-0.05, 0) is 17.5 Å². The van der Waals surface area contributed by atoms with Crippen LogP contribution in [-0.4, -0.2) is 6.29 Å². The number of hydrogen-bond acceptors (Lipinski definition) is 2. The third-order valence-corrected chi connectivity index (χ3v) is 3.80. The zero-order chi connectivity index (χ0) is 17.3. The van der Waals surface area contributed by atoms with Gasteiger partial charge >= 0.3 is 0 Å². The third-order valence-electron chi connectivity index (χ3n) is 3.80. The molecule has 0 heterocycles. The molecule has 0 amide bonds. The maximum absolute atomic E-state index is 11.7. The molecule has 0 aromatic heterocycles. The summed E-state index contributed by atoms with van der Waals surface area (Å²) in [5, 5.41) is 0. The van der Waals surface area contributed by atoms with Gasteiger partial charge in [-0.1, -0.05) is 66.2 Å². The minimum Gasteiger partial charge on any atom is -0.533 e. The van der Waals surface area contributed by atoms with Crippen LogP contribution in [0.1, 0.15) is 16.7 Å². The fourth-order valence-electron chi connectivity index (χ4n) is 2.55. The summed E-state index contributed by atoms with van der Waals surface area (Å²) in [6.07, 6.45) is 2.54. The third kappa shape index (κ3) is 5.76. The van der Waals surface area contributed by atoms with Crippen molar-refractivity contribution in [3.8, 4) is 0 Å². The van der Waals surface area contributed by atoms with Gasteiger partial charge in [-0.3, -0.25) is 0 Å². The van der Waals surface area contributed by atoms with Crippen LogP contribution in [0.5, 0.6) is 0 Å². The van der Waals surface area contributed by atoms with E-state index in [2.05, 4.69) is 12.4 Å². The molecule has 0 aliphatic carbocycles. The molecular formula is C23H18O2Y-2. The van der Waals surface area contributed by atoms with Crippen LogP contribution >= 0.6 is 0 Å². The molecule has 2 nitrogen and oxygen atoms in total. The van der Waals surface area contributed by atoms with Gasteiger partial charge in [0.2, 0.25) is 0 Å². The van der Waals surface area contributed by atoms with Crippen molar-refractivity contribution in [3.05, 3.63) is 113 Å². The second-order valence-corrected chi connectivity index (χ2v) is 5.62. The van der Waals surface area contributed by atoms with E-state index in [-0.39, 0.29) is 32.7 Å². The largest absolute Gasteiger partial charge is 0.533 e. The number of rotatable bonds is 7. The first-order valence-electron chi connectivity index (χ1n) is 8.16. The van der Waals surface area contributed by atoms with E-state index in [1.54, 1.807) is 0 Å². The monoisotopic (exact) mass is 415 g/mol. The van der Waals surface area contributed by atoms with Crippen molar-refractivity contribution in [2.24, 2.45) is 0 Å². The number of carbonyl (C=O) groups excluding carboxylic acids is 1. The van der Waals surface area contributed by atoms with Gasteiger partial charge in [-0.25, -0.2) is 0 Å². The molecule has 0 unspecified atom stereocenters. The summed E-state index contributed by atoms with van der Waals surface area (Å²) in [7, 11) is 0. The molecule has 0 bridgehead atoms. The molecule has 127 valence electrons. The average Bonchev–Trinajstić information content (AvgIpc) is 2.69. The zero-order valence-corrected chi connectivity index (χ0v) is 17.2. The van der Waals surface area contributed by atoms with Crippen molar-refractivity contribution in [3.63, 3.8) is 0 Å².